The number of urea groups is 1. The summed E-state index contributed by atoms with van der Waals surface area (Å²) in [6, 6.07) is 6.78. The van der Waals surface area contributed by atoms with Crippen LogP contribution in [0.3, 0.4) is 0 Å². The molecule has 4 N–H and O–H groups in total. The summed E-state index contributed by atoms with van der Waals surface area (Å²) >= 11 is 0. The normalized spacial score (nSPS) is 11.6. The van der Waals surface area contributed by atoms with Crippen LogP contribution in [0.25, 0.3) is 0 Å². The van der Waals surface area contributed by atoms with Crippen LogP contribution in [0.15, 0.2) is 42.7 Å². The Morgan fingerprint density at radius 2 is 1.83 bits per heavy atom. The Hall–Kier alpha value is -2.74. The number of anilines is 1. The van der Waals surface area contributed by atoms with Crippen molar-refractivity contribution in [2.45, 2.75) is 6.10 Å². The summed E-state index contributed by atoms with van der Waals surface area (Å²) in [7, 11) is 0. The number of hydrogen-bond donors (Lipinski definition) is 4. The Bertz CT molecular complexity index is 609. The van der Waals surface area contributed by atoms with Gasteiger partial charge in [0.2, 0.25) is 5.95 Å². The Morgan fingerprint density at radius 1 is 1.13 bits per heavy atom. The van der Waals surface area contributed by atoms with Crippen molar-refractivity contribution in [2.75, 3.05) is 25.0 Å². The van der Waals surface area contributed by atoms with Gasteiger partial charge < -0.3 is 21.1 Å². The van der Waals surface area contributed by atoms with Gasteiger partial charge in [0.15, 0.2) is 0 Å². The molecule has 2 rings (SSSR count). The first-order valence-electron chi connectivity index (χ1n) is 7.11. The van der Waals surface area contributed by atoms with E-state index in [0.29, 0.717) is 24.6 Å². The van der Waals surface area contributed by atoms with E-state index in [2.05, 4.69) is 25.9 Å². The lowest BCUT2D eigenvalue weighted by molar-refractivity contribution is 0.173. The van der Waals surface area contributed by atoms with Gasteiger partial charge in [-0.2, -0.15) is 0 Å². The monoisotopic (exact) mass is 319 g/mol. The molecule has 0 spiro atoms. The quantitative estimate of drug-likeness (QED) is 0.572. The van der Waals surface area contributed by atoms with E-state index in [4.69, 9.17) is 0 Å². The van der Waals surface area contributed by atoms with E-state index in [0.717, 1.165) is 0 Å². The third-order valence-corrected chi connectivity index (χ3v) is 2.97. The molecule has 7 nitrogen and oxygen atoms in total. The number of rotatable bonds is 7. The summed E-state index contributed by atoms with van der Waals surface area (Å²) in [5.74, 6) is 0.114. The minimum Gasteiger partial charge on any atom is -0.387 e. The van der Waals surface area contributed by atoms with Crippen molar-refractivity contribution < 1.29 is 14.3 Å². The molecule has 0 saturated carbocycles. The second kappa shape index (κ2) is 8.64. The van der Waals surface area contributed by atoms with E-state index in [1.807, 2.05) is 0 Å². The second-order valence-electron chi connectivity index (χ2n) is 4.70. The highest BCUT2D eigenvalue weighted by Gasteiger charge is 2.09. The van der Waals surface area contributed by atoms with Gasteiger partial charge in [0.25, 0.3) is 0 Å². The zero-order valence-electron chi connectivity index (χ0n) is 12.4. The summed E-state index contributed by atoms with van der Waals surface area (Å²) in [6.45, 7) is 0.876. The van der Waals surface area contributed by atoms with E-state index in [9.17, 15) is 14.3 Å². The van der Waals surface area contributed by atoms with E-state index in [-0.39, 0.29) is 12.4 Å². The largest absolute Gasteiger partial charge is 0.387 e. The molecule has 23 heavy (non-hydrogen) atoms. The lowest BCUT2D eigenvalue weighted by atomic mass is 10.1. The SMILES string of the molecule is O=C(NCCNc1ncccn1)NC[C@H](O)c1ccc(F)cc1. The number of benzene rings is 1. The summed E-state index contributed by atoms with van der Waals surface area (Å²) < 4.78 is 12.8. The Kier molecular flexibility index (Phi) is 6.25. The molecule has 0 saturated heterocycles. The van der Waals surface area contributed by atoms with E-state index in [1.54, 1.807) is 18.5 Å². The van der Waals surface area contributed by atoms with Crippen LogP contribution >= 0.6 is 0 Å². The van der Waals surface area contributed by atoms with Gasteiger partial charge >= 0.3 is 6.03 Å². The van der Waals surface area contributed by atoms with Gasteiger partial charge in [-0.15, -0.1) is 0 Å². The first-order chi connectivity index (χ1) is 11.1. The number of nitrogens with zero attached hydrogens (tertiary/aromatic N) is 2. The molecule has 0 radical (unpaired) electrons. The summed E-state index contributed by atoms with van der Waals surface area (Å²) in [5.41, 5.74) is 0.537. The van der Waals surface area contributed by atoms with Crippen LogP contribution in [0.2, 0.25) is 0 Å². The molecular weight excluding hydrogens is 301 g/mol. The fourth-order valence-electron chi connectivity index (χ4n) is 1.80. The smallest absolute Gasteiger partial charge is 0.314 e. The topological polar surface area (TPSA) is 99.2 Å². The van der Waals surface area contributed by atoms with Crippen molar-refractivity contribution in [1.82, 2.24) is 20.6 Å². The summed E-state index contributed by atoms with van der Waals surface area (Å²) in [4.78, 5) is 19.6. The molecule has 0 aliphatic rings. The van der Waals surface area contributed by atoms with Gasteiger partial charge in [0, 0.05) is 32.0 Å². The maximum absolute atomic E-state index is 12.8. The molecule has 0 aliphatic heterocycles. The average molecular weight is 319 g/mol. The number of halogens is 1. The fraction of sp³-hybridized carbons (Fsp3) is 0.267. The van der Waals surface area contributed by atoms with Crippen LogP contribution in [0.5, 0.6) is 0 Å². The van der Waals surface area contributed by atoms with Gasteiger partial charge in [-0.05, 0) is 23.8 Å². The number of carbonyl (C=O) groups is 1. The molecule has 1 heterocycles. The zero-order valence-corrected chi connectivity index (χ0v) is 12.4. The maximum Gasteiger partial charge on any atom is 0.314 e. The van der Waals surface area contributed by atoms with Crippen LogP contribution in [-0.2, 0) is 0 Å². The lowest BCUT2D eigenvalue weighted by Gasteiger charge is -2.13. The molecule has 1 atom stereocenters. The van der Waals surface area contributed by atoms with Crippen LogP contribution < -0.4 is 16.0 Å². The van der Waals surface area contributed by atoms with Crippen molar-refractivity contribution in [3.63, 3.8) is 0 Å². The van der Waals surface area contributed by atoms with Crippen LogP contribution in [0, 0.1) is 5.82 Å². The molecular formula is C15H18FN5O2. The molecule has 122 valence electrons. The van der Waals surface area contributed by atoms with Crippen molar-refractivity contribution in [3.8, 4) is 0 Å². The Balaban J connectivity index is 1.62. The molecule has 2 aromatic rings. The molecule has 1 aromatic heterocycles. The molecule has 0 aliphatic carbocycles. The number of aromatic nitrogens is 2. The number of hydrogen-bond acceptors (Lipinski definition) is 5. The number of amides is 2. The predicted molar refractivity (Wildman–Crippen MR) is 83.3 cm³/mol. The average Bonchev–Trinajstić information content (AvgIpc) is 2.58. The summed E-state index contributed by atoms with van der Waals surface area (Å²) in [5, 5.41) is 18.0. The van der Waals surface area contributed by atoms with Gasteiger partial charge in [0.1, 0.15) is 5.82 Å². The lowest BCUT2D eigenvalue weighted by Crippen LogP contribution is -2.39. The van der Waals surface area contributed by atoms with E-state index in [1.165, 1.54) is 24.3 Å². The first-order valence-corrected chi connectivity index (χ1v) is 7.11. The molecule has 2 amide bonds. The number of aliphatic hydroxyl groups excluding tert-OH is 1. The molecule has 1 aromatic carbocycles. The third-order valence-electron chi connectivity index (χ3n) is 2.97. The third kappa shape index (κ3) is 5.87. The standard InChI is InChI=1S/C15H18FN5O2/c16-12-4-2-11(3-5-12)13(22)10-21-15(23)20-9-8-19-14-17-6-1-7-18-14/h1-7,13,22H,8-10H2,(H,17,18,19)(H2,20,21,23)/t13-/m0/s1. The zero-order chi connectivity index (χ0) is 16.5. The van der Waals surface area contributed by atoms with E-state index >= 15 is 0 Å². The maximum atomic E-state index is 12.8. The Morgan fingerprint density at radius 3 is 2.52 bits per heavy atom. The van der Waals surface area contributed by atoms with Crippen molar-refractivity contribution in [1.29, 1.82) is 0 Å². The van der Waals surface area contributed by atoms with Gasteiger partial charge in [0.05, 0.1) is 6.10 Å². The molecule has 0 fully saturated rings. The van der Waals surface area contributed by atoms with Crippen LogP contribution in [0.1, 0.15) is 11.7 Å². The molecule has 0 unspecified atom stereocenters. The van der Waals surface area contributed by atoms with Crippen LogP contribution in [-0.4, -0.2) is 40.7 Å². The minimum absolute atomic E-state index is 0.0344. The Labute approximate surface area is 133 Å². The minimum atomic E-state index is -0.891. The number of nitrogens with one attached hydrogen (secondary N) is 3. The van der Waals surface area contributed by atoms with Crippen LogP contribution in [0.4, 0.5) is 15.1 Å². The number of aliphatic hydroxyl groups is 1. The molecule has 8 heteroatoms. The van der Waals surface area contributed by atoms with Crippen molar-refractivity contribution in [3.05, 3.63) is 54.1 Å². The fourth-order valence-corrected chi connectivity index (χ4v) is 1.80. The highest BCUT2D eigenvalue weighted by atomic mass is 19.1. The predicted octanol–water partition coefficient (Wildman–Crippen LogP) is 1.06. The highest BCUT2D eigenvalue weighted by Crippen LogP contribution is 2.12. The highest BCUT2D eigenvalue weighted by molar-refractivity contribution is 5.73. The van der Waals surface area contributed by atoms with Gasteiger partial charge in [-0.1, -0.05) is 12.1 Å². The number of carbonyl (C=O) groups excluding carboxylic acids is 1. The van der Waals surface area contributed by atoms with Gasteiger partial charge in [-0.25, -0.2) is 19.2 Å². The van der Waals surface area contributed by atoms with Gasteiger partial charge in [-0.3, -0.25) is 0 Å². The van der Waals surface area contributed by atoms with Crippen molar-refractivity contribution in [2.24, 2.45) is 0 Å². The molecule has 0 bridgehead atoms. The first kappa shape index (κ1) is 16.6. The second-order valence-corrected chi connectivity index (χ2v) is 4.70. The summed E-state index contributed by atoms with van der Waals surface area (Å²) in [6.07, 6.45) is 2.34. The van der Waals surface area contributed by atoms with Crippen molar-refractivity contribution >= 4 is 12.0 Å². The van der Waals surface area contributed by atoms with E-state index < -0.39 is 12.1 Å².